The van der Waals surface area contributed by atoms with E-state index in [1.165, 1.54) is 12.8 Å². The SMILES string of the molecule is COc1cc(CNCC(O)CN2CCCC2)ccc1OCC(N)=O. The summed E-state index contributed by atoms with van der Waals surface area (Å²) in [6.45, 7) is 3.86. The Kier molecular flexibility index (Phi) is 7.30. The van der Waals surface area contributed by atoms with Crippen molar-refractivity contribution >= 4 is 5.91 Å². The highest BCUT2D eigenvalue weighted by Crippen LogP contribution is 2.27. The molecule has 7 heteroatoms. The molecule has 0 aliphatic carbocycles. The van der Waals surface area contributed by atoms with Crippen molar-refractivity contribution in [3.63, 3.8) is 0 Å². The molecule has 1 aromatic rings. The molecule has 2 rings (SSSR count). The number of nitrogens with one attached hydrogen (secondary N) is 1. The molecule has 1 atom stereocenters. The number of ether oxygens (including phenoxy) is 2. The zero-order valence-electron chi connectivity index (χ0n) is 14.2. The third-order valence-corrected chi connectivity index (χ3v) is 3.97. The molecule has 1 fully saturated rings. The summed E-state index contributed by atoms with van der Waals surface area (Å²) >= 11 is 0. The first-order chi connectivity index (χ1) is 11.6. The van der Waals surface area contributed by atoms with Crippen molar-refractivity contribution in [3.8, 4) is 11.5 Å². The van der Waals surface area contributed by atoms with Gasteiger partial charge in [-0.2, -0.15) is 0 Å². The molecule has 0 bridgehead atoms. The smallest absolute Gasteiger partial charge is 0.255 e. The van der Waals surface area contributed by atoms with E-state index in [1.54, 1.807) is 13.2 Å². The standard InChI is InChI=1S/C17H27N3O4/c1-23-16-8-13(4-5-15(16)24-12-17(18)22)9-19-10-14(21)11-20-6-2-3-7-20/h4-5,8,14,19,21H,2-3,6-7,9-12H2,1H3,(H2,18,22). The number of hydrogen-bond acceptors (Lipinski definition) is 6. The van der Waals surface area contributed by atoms with Crippen molar-refractivity contribution < 1.29 is 19.4 Å². The zero-order chi connectivity index (χ0) is 17.4. The summed E-state index contributed by atoms with van der Waals surface area (Å²) < 4.78 is 10.6. The van der Waals surface area contributed by atoms with Crippen molar-refractivity contribution in [1.82, 2.24) is 10.2 Å². The summed E-state index contributed by atoms with van der Waals surface area (Å²) in [5.41, 5.74) is 6.08. The van der Waals surface area contributed by atoms with Gasteiger partial charge in [-0.25, -0.2) is 0 Å². The maximum atomic E-state index is 10.8. The van der Waals surface area contributed by atoms with Crippen molar-refractivity contribution in [2.24, 2.45) is 5.73 Å². The molecule has 4 N–H and O–H groups in total. The maximum Gasteiger partial charge on any atom is 0.255 e. The summed E-state index contributed by atoms with van der Waals surface area (Å²) in [6, 6.07) is 5.48. The Morgan fingerprint density at radius 3 is 2.79 bits per heavy atom. The number of primary amides is 1. The third-order valence-electron chi connectivity index (χ3n) is 3.97. The Morgan fingerprint density at radius 1 is 1.38 bits per heavy atom. The van der Waals surface area contributed by atoms with Gasteiger partial charge in [0.1, 0.15) is 0 Å². The normalized spacial score (nSPS) is 16.1. The Bertz CT molecular complexity index is 533. The van der Waals surface area contributed by atoms with E-state index < -0.39 is 5.91 Å². The Hall–Kier alpha value is -1.83. The van der Waals surface area contributed by atoms with Gasteiger partial charge in [0.15, 0.2) is 18.1 Å². The van der Waals surface area contributed by atoms with Gasteiger partial charge in [0.2, 0.25) is 0 Å². The van der Waals surface area contributed by atoms with Crippen LogP contribution in [0.4, 0.5) is 0 Å². The monoisotopic (exact) mass is 337 g/mol. The average Bonchev–Trinajstić information content (AvgIpc) is 3.06. The second-order valence-electron chi connectivity index (χ2n) is 6.03. The van der Waals surface area contributed by atoms with Crippen LogP contribution in [0.25, 0.3) is 0 Å². The van der Waals surface area contributed by atoms with E-state index in [0.717, 1.165) is 25.2 Å². The highest BCUT2D eigenvalue weighted by atomic mass is 16.5. The number of aliphatic hydroxyl groups is 1. The van der Waals surface area contributed by atoms with Gasteiger partial charge in [-0.15, -0.1) is 0 Å². The largest absolute Gasteiger partial charge is 0.493 e. The molecule has 1 aliphatic rings. The minimum atomic E-state index is -0.533. The van der Waals surface area contributed by atoms with E-state index in [0.29, 0.717) is 24.6 Å². The molecule has 1 unspecified atom stereocenters. The number of amides is 1. The molecule has 1 saturated heterocycles. The number of carbonyl (C=O) groups excluding carboxylic acids is 1. The number of methoxy groups -OCH3 is 1. The van der Waals surface area contributed by atoms with E-state index in [-0.39, 0.29) is 12.7 Å². The minimum Gasteiger partial charge on any atom is -0.493 e. The molecule has 0 saturated carbocycles. The highest BCUT2D eigenvalue weighted by Gasteiger charge is 2.15. The van der Waals surface area contributed by atoms with E-state index in [2.05, 4.69) is 10.2 Å². The van der Waals surface area contributed by atoms with Crippen molar-refractivity contribution in [2.45, 2.75) is 25.5 Å². The first-order valence-corrected chi connectivity index (χ1v) is 8.27. The fourth-order valence-electron chi connectivity index (χ4n) is 2.80. The number of aliphatic hydroxyl groups excluding tert-OH is 1. The van der Waals surface area contributed by atoms with Crippen LogP contribution in [0.3, 0.4) is 0 Å². The van der Waals surface area contributed by atoms with E-state index in [9.17, 15) is 9.90 Å². The number of β-amino-alcohol motifs (C(OH)–C–C–N with tert-alkyl or cyclic N) is 1. The van der Waals surface area contributed by atoms with E-state index in [1.807, 2.05) is 12.1 Å². The zero-order valence-corrected chi connectivity index (χ0v) is 14.2. The molecule has 134 valence electrons. The van der Waals surface area contributed by atoms with Gasteiger partial charge in [-0.05, 0) is 43.6 Å². The molecule has 0 radical (unpaired) electrons. The first-order valence-electron chi connectivity index (χ1n) is 8.27. The molecular weight excluding hydrogens is 310 g/mol. The molecule has 1 heterocycles. The van der Waals surface area contributed by atoms with Gasteiger partial charge in [0.25, 0.3) is 5.91 Å². The lowest BCUT2D eigenvalue weighted by Gasteiger charge is -2.19. The maximum absolute atomic E-state index is 10.8. The molecule has 0 aromatic heterocycles. The topological polar surface area (TPSA) is 97.0 Å². The molecular formula is C17H27N3O4. The summed E-state index contributed by atoms with van der Waals surface area (Å²) in [4.78, 5) is 13.1. The quantitative estimate of drug-likeness (QED) is 0.560. The number of likely N-dealkylation sites (tertiary alicyclic amines) is 1. The number of nitrogens with zero attached hydrogens (tertiary/aromatic N) is 1. The van der Waals surface area contributed by atoms with E-state index >= 15 is 0 Å². The van der Waals surface area contributed by atoms with Crippen LogP contribution >= 0.6 is 0 Å². The molecule has 1 aliphatic heterocycles. The molecule has 24 heavy (non-hydrogen) atoms. The molecule has 7 nitrogen and oxygen atoms in total. The van der Waals surface area contributed by atoms with Gasteiger partial charge in [-0.3, -0.25) is 4.79 Å². The van der Waals surface area contributed by atoms with Crippen LogP contribution in [0.5, 0.6) is 11.5 Å². The summed E-state index contributed by atoms with van der Waals surface area (Å²) in [5.74, 6) is 0.497. The number of benzene rings is 1. The predicted molar refractivity (Wildman–Crippen MR) is 91.1 cm³/mol. The van der Waals surface area contributed by atoms with Crippen LogP contribution in [0.1, 0.15) is 18.4 Å². The fraction of sp³-hybridized carbons (Fsp3) is 0.588. The highest BCUT2D eigenvalue weighted by molar-refractivity contribution is 5.75. The van der Waals surface area contributed by atoms with Gasteiger partial charge >= 0.3 is 0 Å². The minimum absolute atomic E-state index is 0.184. The lowest BCUT2D eigenvalue weighted by atomic mass is 10.2. The molecule has 0 spiro atoms. The van der Waals surface area contributed by atoms with Crippen LogP contribution in [0, 0.1) is 0 Å². The Morgan fingerprint density at radius 2 is 2.12 bits per heavy atom. The summed E-state index contributed by atoms with van der Waals surface area (Å²) in [7, 11) is 1.55. The van der Waals surface area contributed by atoms with Gasteiger partial charge in [-0.1, -0.05) is 6.07 Å². The Labute approximate surface area is 142 Å². The van der Waals surface area contributed by atoms with Crippen LogP contribution in [-0.4, -0.2) is 61.9 Å². The lowest BCUT2D eigenvalue weighted by Crippen LogP contribution is -2.36. The van der Waals surface area contributed by atoms with Gasteiger partial charge in [0.05, 0.1) is 13.2 Å². The van der Waals surface area contributed by atoms with Crippen molar-refractivity contribution in [2.75, 3.05) is 39.9 Å². The van der Waals surface area contributed by atoms with Gasteiger partial charge < -0.3 is 30.5 Å². The van der Waals surface area contributed by atoms with Crippen LogP contribution in [0.2, 0.25) is 0 Å². The first kappa shape index (κ1) is 18.5. The summed E-state index contributed by atoms with van der Waals surface area (Å²) in [6.07, 6.45) is 2.08. The number of nitrogens with two attached hydrogens (primary N) is 1. The van der Waals surface area contributed by atoms with Gasteiger partial charge in [0, 0.05) is 19.6 Å². The van der Waals surface area contributed by atoms with E-state index in [4.69, 9.17) is 15.2 Å². The lowest BCUT2D eigenvalue weighted by molar-refractivity contribution is -0.119. The summed E-state index contributed by atoms with van der Waals surface area (Å²) in [5, 5.41) is 13.3. The van der Waals surface area contributed by atoms with Crippen LogP contribution < -0.4 is 20.5 Å². The fourth-order valence-corrected chi connectivity index (χ4v) is 2.80. The van der Waals surface area contributed by atoms with Crippen molar-refractivity contribution in [3.05, 3.63) is 23.8 Å². The predicted octanol–water partition coefficient (Wildman–Crippen LogP) is 0.106. The Balaban J connectivity index is 1.78. The number of carbonyl (C=O) groups is 1. The molecule has 1 aromatic carbocycles. The average molecular weight is 337 g/mol. The van der Waals surface area contributed by atoms with Crippen LogP contribution in [-0.2, 0) is 11.3 Å². The second kappa shape index (κ2) is 9.46. The molecule has 1 amide bonds. The number of hydrogen-bond donors (Lipinski definition) is 3. The second-order valence-corrected chi connectivity index (χ2v) is 6.03. The van der Waals surface area contributed by atoms with Crippen molar-refractivity contribution in [1.29, 1.82) is 0 Å². The number of rotatable bonds is 10. The van der Waals surface area contributed by atoms with Crippen LogP contribution in [0.15, 0.2) is 18.2 Å². The third kappa shape index (κ3) is 5.99.